The molecule has 5 nitrogen and oxygen atoms in total. The lowest BCUT2D eigenvalue weighted by Gasteiger charge is -2.14. The molecule has 0 fully saturated rings. The van der Waals surface area contributed by atoms with Crippen LogP contribution in [-0.4, -0.2) is 19.1 Å². The Morgan fingerprint density at radius 2 is 1.93 bits per heavy atom. The fourth-order valence-electron chi connectivity index (χ4n) is 3.03. The second-order valence-electron chi connectivity index (χ2n) is 6.47. The standard InChI is InChI=1S/C22H23N3O2/c23-16-18-9-11-19(12-10-18)27-14-13-24-20-7-3-4-8-21(20)25-22(26)15-17-5-1-2-6-17/h1,3-5,7-12,17,24H,2,6,13-15H2,(H,25,26). The summed E-state index contributed by atoms with van der Waals surface area (Å²) in [5, 5.41) is 15.1. The Morgan fingerprint density at radius 3 is 2.63 bits per heavy atom. The maximum atomic E-state index is 12.3. The third kappa shape index (κ3) is 5.61. The zero-order valence-electron chi connectivity index (χ0n) is 15.2. The van der Waals surface area contributed by atoms with Gasteiger partial charge in [0, 0.05) is 13.0 Å². The van der Waals surface area contributed by atoms with E-state index in [1.165, 1.54) is 0 Å². The van der Waals surface area contributed by atoms with Gasteiger partial charge in [0.15, 0.2) is 0 Å². The average Bonchev–Trinajstić information content (AvgIpc) is 3.19. The van der Waals surface area contributed by atoms with Gasteiger partial charge < -0.3 is 15.4 Å². The van der Waals surface area contributed by atoms with Crippen molar-refractivity contribution in [2.75, 3.05) is 23.8 Å². The summed E-state index contributed by atoms with van der Waals surface area (Å²) >= 11 is 0. The van der Waals surface area contributed by atoms with Crippen LogP contribution in [0.3, 0.4) is 0 Å². The lowest BCUT2D eigenvalue weighted by Crippen LogP contribution is -2.17. The SMILES string of the molecule is N#Cc1ccc(OCCNc2ccccc2NC(=O)CC2C=CCC2)cc1. The van der Waals surface area contributed by atoms with E-state index < -0.39 is 0 Å². The van der Waals surface area contributed by atoms with E-state index in [0.717, 1.165) is 30.0 Å². The van der Waals surface area contributed by atoms with Gasteiger partial charge >= 0.3 is 0 Å². The van der Waals surface area contributed by atoms with E-state index in [0.29, 0.717) is 31.1 Å². The Kier molecular flexibility index (Phi) is 6.48. The van der Waals surface area contributed by atoms with Crippen molar-refractivity contribution >= 4 is 17.3 Å². The molecule has 1 unspecified atom stereocenters. The molecule has 1 aliphatic rings. The van der Waals surface area contributed by atoms with Crippen molar-refractivity contribution in [1.29, 1.82) is 5.26 Å². The summed E-state index contributed by atoms with van der Waals surface area (Å²) in [6.45, 7) is 1.07. The molecular weight excluding hydrogens is 338 g/mol. The third-order valence-corrected chi connectivity index (χ3v) is 4.43. The van der Waals surface area contributed by atoms with Crippen molar-refractivity contribution in [2.24, 2.45) is 5.92 Å². The minimum absolute atomic E-state index is 0.0367. The first-order chi connectivity index (χ1) is 13.2. The van der Waals surface area contributed by atoms with Crippen LogP contribution in [-0.2, 0) is 4.79 Å². The average molecular weight is 361 g/mol. The number of rotatable bonds is 8. The van der Waals surface area contributed by atoms with E-state index >= 15 is 0 Å². The van der Waals surface area contributed by atoms with Crippen LogP contribution in [0, 0.1) is 17.2 Å². The molecule has 27 heavy (non-hydrogen) atoms. The second kappa shape index (κ2) is 9.44. The number of nitrogens with one attached hydrogen (secondary N) is 2. The zero-order valence-corrected chi connectivity index (χ0v) is 15.2. The van der Waals surface area contributed by atoms with E-state index in [1.807, 2.05) is 24.3 Å². The van der Waals surface area contributed by atoms with Gasteiger partial charge in [-0.15, -0.1) is 0 Å². The highest BCUT2D eigenvalue weighted by Crippen LogP contribution is 2.24. The largest absolute Gasteiger partial charge is 0.492 e. The summed E-state index contributed by atoms with van der Waals surface area (Å²) in [6, 6.07) is 16.8. The van der Waals surface area contributed by atoms with E-state index in [2.05, 4.69) is 28.9 Å². The molecule has 0 aromatic heterocycles. The Hall–Kier alpha value is -3.26. The quantitative estimate of drug-likeness (QED) is 0.542. The van der Waals surface area contributed by atoms with Gasteiger partial charge in [0.05, 0.1) is 23.0 Å². The molecule has 0 aliphatic heterocycles. The van der Waals surface area contributed by atoms with Crippen molar-refractivity contribution in [3.05, 3.63) is 66.2 Å². The van der Waals surface area contributed by atoms with Gasteiger partial charge in [-0.05, 0) is 55.2 Å². The molecule has 2 N–H and O–H groups in total. The van der Waals surface area contributed by atoms with Crippen molar-refractivity contribution in [3.63, 3.8) is 0 Å². The van der Waals surface area contributed by atoms with Crippen molar-refractivity contribution in [2.45, 2.75) is 19.3 Å². The van der Waals surface area contributed by atoms with E-state index in [4.69, 9.17) is 10.00 Å². The van der Waals surface area contributed by atoms with Gasteiger partial charge in [-0.2, -0.15) is 5.26 Å². The molecular formula is C22H23N3O2. The Balaban J connectivity index is 1.47. The topological polar surface area (TPSA) is 74.2 Å². The summed E-state index contributed by atoms with van der Waals surface area (Å²) in [6.07, 6.45) is 6.91. The van der Waals surface area contributed by atoms with Gasteiger partial charge in [-0.3, -0.25) is 4.79 Å². The number of nitrogens with zero attached hydrogens (tertiary/aromatic N) is 1. The highest BCUT2D eigenvalue weighted by Gasteiger charge is 2.14. The summed E-state index contributed by atoms with van der Waals surface area (Å²) in [5.41, 5.74) is 2.26. The molecule has 0 radical (unpaired) electrons. The molecule has 138 valence electrons. The molecule has 5 heteroatoms. The molecule has 1 atom stereocenters. The monoisotopic (exact) mass is 361 g/mol. The normalized spacial score (nSPS) is 15.1. The minimum Gasteiger partial charge on any atom is -0.492 e. The summed E-state index contributed by atoms with van der Waals surface area (Å²) < 4.78 is 5.67. The number of hydrogen-bond donors (Lipinski definition) is 2. The smallest absolute Gasteiger partial charge is 0.225 e. The molecule has 0 saturated heterocycles. The number of nitriles is 1. The van der Waals surface area contributed by atoms with E-state index in [-0.39, 0.29) is 5.91 Å². The number of allylic oxidation sites excluding steroid dienone is 2. The minimum atomic E-state index is 0.0367. The van der Waals surface area contributed by atoms with Crippen LogP contribution in [0.2, 0.25) is 0 Å². The molecule has 3 rings (SSSR count). The molecule has 0 heterocycles. The molecule has 2 aromatic rings. The highest BCUT2D eigenvalue weighted by atomic mass is 16.5. The summed E-state index contributed by atoms with van der Waals surface area (Å²) in [4.78, 5) is 12.3. The Bertz CT molecular complexity index is 837. The molecule has 0 bridgehead atoms. The van der Waals surface area contributed by atoms with Crippen LogP contribution < -0.4 is 15.4 Å². The van der Waals surface area contributed by atoms with Gasteiger partial charge in [-0.1, -0.05) is 24.3 Å². The van der Waals surface area contributed by atoms with Gasteiger partial charge in [0.25, 0.3) is 0 Å². The zero-order chi connectivity index (χ0) is 18.9. The predicted molar refractivity (Wildman–Crippen MR) is 107 cm³/mol. The molecule has 2 aromatic carbocycles. The third-order valence-electron chi connectivity index (χ3n) is 4.43. The number of benzene rings is 2. The number of para-hydroxylation sites is 2. The van der Waals surface area contributed by atoms with Crippen LogP contribution in [0.4, 0.5) is 11.4 Å². The first-order valence-electron chi connectivity index (χ1n) is 9.17. The first-order valence-corrected chi connectivity index (χ1v) is 9.17. The molecule has 1 aliphatic carbocycles. The summed E-state index contributed by atoms with van der Waals surface area (Å²) in [5.74, 6) is 1.11. The number of carbonyl (C=O) groups excluding carboxylic acids is 1. The van der Waals surface area contributed by atoms with E-state index in [1.54, 1.807) is 24.3 Å². The Labute approximate surface area is 159 Å². The van der Waals surface area contributed by atoms with Crippen molar-refractivity contribution in [3.8, 4) is 11.8 Å². The van der Waals surface area contributed by atoms with Crippen molar-refractivity contribution in [1.82, 2.24) is 0 Å². The predicted octanol–water partition coefficient (Wildman–Crippen LogP) is 4.34. The molecule has 0 saturated carbocycles. The summed E-state index contributed by atoms with van der Waals surface area (Å²) in [7, 11) is 0. The van der Waals surface area contributed by atoms with Crippen LogP contribution in [0.1, 0.15) is 24.8 Å². The van der Waals surface area contributed by atoms with Gasteiger partial charge in [0.1, 0.15) is 12.4 Å². The van der Waals surface area contributed by atoms with E-state index in [9.17, 15) is 4.79 Å². The van der Waals surface area contributed by atoms with Crippen LogP contribution >= 0.6 is 0 Å². The lowest BCUT2D eigenvalue weighted by atomic mass is 10.0. The number of amides is 1. The molecule has 0 spiro atoms. The van der Waals surface area contributed by atoms with Crippen LogP contribution in [0.15, 0.2) is 60.7 Å². The maximum Gasteiger partial charge on any atom is 0.225 e. The highest BCUT2D eigenvalue weighted by molar-refractivity contribution is 5.94. The Morgan fingerprint density at radius 1 is 1.15 bits per heavy atom. The molecule has 1 amide bonds. The van der Waals surface area contributed by atoms with Crippen LogP contribution in [0.5, 0.6) is 5.75 Å². The van der Waals surface area contributed by atoms with Gasteiger partial charge in [-0.25, -0.2) is 0 Å². The first kappa shape index (κ1) is 18.5. The van der Waals surface area contributed by atoms with Crippen molar-refractivity contribution < 1.29 is 9.53 Å². The number of anilines is 2. The fourth-order valence-corrected chi connectivity index (χ4v) is 3.03. The fraction of sp³-hybridized carbons (Fsp3) is 0.273. The number of carbonyl (C=O) groups is 1. The van der Waals surface area contributed by atoms with Gasteiger partial charge in [0.2, 0.25) is 5.91 Å². The number of ether oxygens (including phenoxy) is 1. The van der Waals surface area contributed by atoms with Crippen LogP contribution in [0.25, 0.3) is 0 Å². The maximum absolute atomic E-state index is 12.3. The number of hydrogen-bond acceptors (Lipinski definition) is 4. The lowest BCUT2D eigenvalue weighted by molar-refractivity contribution is -0.116. The second-order valence-corrected chi connectivity index (χ2v) is 6.47.